The van der Waals surface area contributed by atoms with Gasteiger partial charge in [0.2, 0.25) is 6.29 Å². The molecule has 36 heavy (non-hydrogen) atoms. The van der Waals surface area contributed by atoms with Gasteiger partial charge < -0.3 is 20.1 Å². The molecule has 13 heteroatoms. The second-order valence-corrected chi connectivity index (χ2v) is 9.06. The number of hydrogen-bond acceptors (Lipinski definition) is 6. The number of carbonyl (C=O) groups is 3. The number of nitrogens with one attached hydrogen (secondary N) is 3. The van der Waals surface area contributed by atoms with Gasteiger partial charge in [-0.3, -0.25) is 19.1 Å². The van der Waals surface area contributed by atoms with Crippen molar-refractivity contribution in [3.05, 3.63) is 46.8 Å². The average molecular weight is 530 g/mol. The molecule has 196 valence electrons. The molecule has 1 saturated heterocycles. The summed E-state index contributed by atoms with van der Waals surface area (Å²) >= 11 is 1.00. The number of benzene rings is 1. The van der Waals surface area contributed by atoms with Crippen LogP contribution in [0.3, 0.4) is 0 Å². The monoisotopic (exact) mass is 529 g/mol. The summed E-state index contributed by atoms with van der Waals surface area (Å²) in [5.41, 5.74) is -0.00544. The lowest BCUT2D eigenvalue weighted by Crippen LogP contribution is -2.33. The molecule has 2 aliphatic heterocycles. The standard InChI is InChI=1S/C20H18F4N4O3S.C3H9N/c21-12-6-11(7-13(22)16(12)23)25-20(31)18-17(24)19(14-2-1-4-28(14)18)32-26-10-3-5-27(8-10)15(30)9-29;1-3-4-2/h6-7,9-10,26H,1-5,8H2,(H,25,31);4H,3H2,1-2H3. The van der Waals surface area contributed by atoms with Crippen molar-refractivity contribution < 1.29 is 31.9 Å². The molecule has 1 aromatic heterocycles. The molecule has 8 nitrogen and oxygen atoms in total. The SMILES string of the molecule is CCNC.O=CC(=O)N1CCC(NSc2c(F)c(C(=O)Nc3cc(F)c(F)c(F)c3)n3c2CCC3)C1. The summed E-state index contributed by atoms with van der Waals surface area (Å²) in [6, 6.07) is 1.07. The number of fused-ring (bicyclic) bond motifs is 1. The predicted octanol–water partition coefficient (Wildman–Crippen LogP) is 2.87. The molecule has 3 heterocycles. The first-order valence-electron chi connectivity index (χ1n) is 11.4. The lowest BCUT2D eigenvalue weighted by molar-refractivity contribution is -0.138. The van der Waals surface area contributed by atoms with Gasteiger partial charge in [0.1, 0.15) is 5.69 Å². The molecular weight excluding hydrogens is 502 g/mol. The number of aromatic nitrogens is 1. The van der Waals surface area contributed by atoms with E-state index >= 15 is 4.39 Å². The van der Waals surface area contributed by atoms with Gasteiger partial charge in [0.25, 0.3) is 11.8 Å². The molecule has 0 bridgehead atoms. The fourth-order valence-corrected chi connectivity index (χ4v) is 4.92. The second-order valence-electron chi connectivity index (χ2n) is 8.22. The van der Waals surface area contributed by atoms with Crippen molar-refractivity contribution in [1.82, 2.24) is 19.5 Å². The molecule has 4 rings (SSSR count). The first kappa shape index (κ1) is 27.7. The minimum atomic E-state index is -1.66. The Bertz CT molecular complexity index is 1120. The molecule has 0 spiro atoms. The Kier molecular flexibility index (Phi) is 9.51. The number of likely N-dealkylation sites (tertiary alicyclic amines) is 1. The number of rotatable bonds is 7. The first-order valence-corrected chi connectivity index (χ1v) is 12.2. The highest BCUT2D eigenvalue weighted by atomic mass is 32.2. The summed E-state index contributed by atoms with van der Waals surface area (Å²) in [4.78, 5) is 36.4. The van der Waals surface area contributed by atoms with Gasteiger partial charge in [-0.25, -0.2) is 17.6 Å². The van der Waals surface area contributed by atoms with Crippen LogP contribution in [0.4, 0.5) is 23.2 Å². The Morgan fingerprint density at radius 1 is 1.14 bits per heavy atom. The van der Waals surface area contributed by atoms with E-state index in [9.17, 15) is 27.6 Å². The maximum Gasteiger partial charge on any atom is 0.286 e. The number of halogens is 4. The lowest BCUT2D eigenvalue weighted by atomic mass is 10.2. The van der Waals surface area contributed by atoms with Crippen molar-refractivity contribution in [3.63, 3.8) is 0 Å². The summed E-state index contributed by atoms with van der Waals surface area (Å²) in [5.74, 6) is -6.91. The highest BCUT2D eigenvalue weighted by Gasteiger charge is 2.32. The predicted molar refractivity (Wildman–Crippen MR) is 127 cm³/mol. The van der Waals surface area contributed by atoms with Crippen molar-refractivity contribution in [2.24, 2.45) is 0 Å². The van der Waals surface area contributed by atoms with Crippen LogP contribution in [-0.4, -0.2) is 60.3 Å². The highest BCUT2D eigenvalue weighted by molar-refractivity contribution is 7.97. The van der Waals surface area contributed by atoms with Crippen molar-refractivity contribution in [1.29, 1.82) is 0 Å². The Hall–Kier alpha value is -2.90. The third kappa shape index (κ3) is 6.08. The van der Waals surface area contributed by atoms with E-state index in [1.807, 2.05) is 7.05 Å². The lowest BCUT2D eigenvalue weighted by Gasteiger charge is -2.14. The fraction of sp³-hybridized carbons (Fsp3) is 0.435. The van der Waals surface area contributed by atoms with Crippen molar-refractivity contribution in [2.45, 2.75) is 43.7 Å². The van der Waals surface area contributed by atoms with Crippen molar-refractivity contribution in [3.8, 4) is 0 Å². The van der Waals surface area contributed by atoms with E-state index in [0.29, 0.717) is 56.7 Å². The number of nitrogens with zero attached hydrogens (tertiary/aromatic N) is 2. The third-order valence-corrected chi connectivity index (χ3v) is 6.87. The summed E-state index contributed by atoms with van der Waals surface area (Å²) in [7, 11) is 1.93. The Morgan fingerprint density at radius 3 is 2.42 bits per heavy atom. The molecule has 2 aromatic rings. The molecule has 0 aliphatic carbocycles. The van der Waals surface area contributed by atoms with Crippen LogP contribution in [0.15, 0.2) is 17.0 Å². The summed E-state index contributed by atoms with van der Waals surface area (Å²) in [5, 5.41) is 5.15. The van der Waals surface area contributed by atoms with Gasteiger partial charge in [-0.15, -0.1) is 0 Å². The summed E-state index contributed by atoms with van der Waals surface area (Å²) in [6.45, 7) is 4.24. The molecule has 1 aromatic carbocycles. The topological polar surface area (TPSA) is 95.5 Å². The van der Waals surface area contributed by atoms with Gasteiger partial charge in [0.05, 0.1) is 4.90 Å². The Labute approximate surface area is 209 Å². The van der Waals surface area contributed by atoms with Gasteiger partial charge in [0, 0.05) is 49.2 Å². The maximum absolute atomic E-state index is 15.2. The van der Waals surface area contributed by atoms with Gasteiger partial charge in [-0.05, 0) is 44.8 Å². The number of anilines is 1. The minimum Gasteiger partial charge on any atom is -0.337 e. The quantitative estimate of drug-likeness (QED) is 0.168. The largest absolute Gasteiger partial charge is 0.337 e. The molecule has 1 atom stereocenters. The van der Waals surface area contributed by atoms with Crippen LogP contribution in [0.5, 0.6) is 0 Å². The minimum absolute atomic E-state index is 0.164. The van der Waals surface area contributed by atoms with E-state index in [-0.39, 0.29) is 28.6 Å². The molecule has 0 saturated carbocycles. The third-order valence-electron chi connectivity index (χ3n) is 5.80. The first-order chi connectivity index (χ1) is 17.2. The second kappa shape index (κ2) is 12.4. The van der Waals surface area contributed by atoms with E-state index in [4.69, 9.17) is 0 Å². The van der Waals surface area contributed by atoms with E-state index in [0.717, 1.165) is 18.5 Å². The fourth-order valence-electron chi connectivity index (χ4n) is 3.93. The molecule has 3 N–H and O–H groups in total. The van der Waals surface area contributed by atoms with E-state index < -0.39 is 35.1 Å². The van der Waals surface area contributed by atoms with Gasteiger partial charge in [0.15, 0.2) is 23.3 Å². The zero-order valence-corrected chi connectivity index (χ0v) is 20.6. The maximum atomic E-state index is 15.2. The smallest absolute Gasteiger partial charge is 0.286 e. The number of hydrogen-bond donors (Lipinski definition) is 3. The van der Waals surface area contributed by atoms with Crippen LogP contribution < -0.4 is 15.4 Å². The summed E-state index contributed by atoms with van der Waals surface area (Å²) in [6.07, 6.45) is 2.06. The van der Waals surface area contributed by atoms with Crippen LogP contribution in [0.1, 0.15) is 35.9 Å². The van der Waals surface area contributed by atoms with Crippen molar-refractivity contribution in [2.75, 3.05) is 32.0 Å². The number of carbonyl (C=O) groups excluding carboxylic acids is 3. The van der Waals surface area contributed by atoms with Crippen LogP contribution >= 0.6 is 11.9 Å². The van der Waals surface area contributed by atoms with Crippen LogP contribution in [0.2, 0.25) is 0 Å². The molecule has 1 unspecified atom stereocenters. The van der Waals surface area contributed by atoms with Crippen molar-refractivity contribution >= 4 is 35.7 Å². The Balaban J connectivity index is 0.000000840. The highest BCUT2D eigenvalue weighted by Crippen LogP contribution is 2.35. The molecule has 2 amide bonds. The van der Waals surface area contributed by atoms with E-state index in [2.05, 4.69) is 22.3 Å². The normalized spacial score (nSPS) is 16.4. The molecular formula is C23H27F4N5O3S. The van der Waals surface area contributed by atoms with Gasteiger partial charge >= 0.3 is 0 Å². The number of aldehydes is 1. The molecule has 0 radical (unpaired) electrons. The average Bonchev–Trinajstić information content (AvgIpc) is 3.57. The number of amides is 2. The van der Waals surface area contributed by atoms with E-state index in [1.54, 1.807) is 0 Å². The molecule has 1 fully saturated rings. The van der Waals surface area contributed by atoms with Crippen LogP contribution in [0, 0.1) is 23.3 Å². The van der Waals surface area contributed by atoms with Gasteiger partial charge in [-0.2, -0.15) is 0 Å². The zero-order chi connectivity index (χ0) is 26.4. The zero-order valence-electron chi connectivity index (χ0n) is 19.8. The van der Waals surface area contributed by atoms with Crippen LogP contribution in [-0.2, 0) is 22.6 Å². The Morgan fingerprint density at radius 2 is 1.81 bits per heavy atom. The van der Waals surface area contributed by atoms with E-state index in [1.165, 1.54) is 9.47 Å². The molecule has 2 aliphatic rings. The van der Waals surface area contributed by atoms with Crippen LogP contribution in [0.25, 0.3) is 0 Å². The summed E-state index contributed by atoms with van der Waals surface area (Å²) < 4.78 is 59.9. The van der Waals surface area contributed by atoms with Gasteiger partial charge in [-0.1, -0.05) is 6.92 Å².